The van der Waals surface area contributed by atoms with Crippen molar-refractivity contribution >= 4 is 23.3 Å². The lowest BCUT2D eigenvalue weighted by Crippen LogP contribution is -2.10. The molecule has 0 saturated carbocycles. The number of rotatable bonds is 5. The Kier molecular flexibility index (Phi) is 5.19. The van der Waals surface area contributed by atoms with Crippen molar-refractivity contribution in [1.29, 1.82) is 0 Å². The van der Waals surface area contributed by atoms with Gasteiger partial charge in [0.2, 0.25) is 5.90 Å². The molecule has 0 aliphatic carbocycles. The highest BCUT2D eigenvalue weighted by Gasteiger charge is 2.19. The number of ether oxygens (including phenoxy) is 1. The summed E-state index contributed by atoms with van der Waals surface area (Å²) in [6.07, 6.45) is 2.57. The highest BCUT2D eigenvalue weighted by Crippen LogP contribution is 2.25. The Labute approximate surface area is 152 Å². The minimum Gasteiger partial charge on any atom is -0.481 e. The first-order valence-corrected chi connectivity index (χ1v) is 8.70. The number of hydrogen-bond acceptors (Lipinski definition) is 4. The fraction of sp³-hybridized carbons (Fsp3) is 0.350. The van der Waals surface area contributed by atoms with Crippen LogP contribution in [0.1, 0.15) is 47.2 Å². The van der Waals surface area contributed by atoms with Gasteiger partial charge in [0.05, 0.1) is 19.2 Å². The summed E-state index contributed by atoms with van der Waals surface area (Å²) in [4.78, 5) is 21.1. The average Bonchev–Trinajstić information content (AvgIpc) is 2.99. The standard InChI is InChI=1S/C20H21ClN2O2/c1-12(14-4-5-19(21)13(2)6-14)7-17(24)9-16-8-15-10-23-20(25-3)18(15)11-22-16/h4-6,8,11-12H,7,9-10H2,1-3H3/t12-/m0/s1. The lowest BCUT2D eigenvalue weighted by molar-refractivity contribution is -0.118. The number of aliphatic imine (C=N–C) groups is 1. The van der Waals surface area contributed by atoms with Crippen molar-refractivity contribution in [2.75, 3.05) is 7.11 Å². The zero-order valence-electron chi connectivity index (χ0n) is 14.7. The summed E-state index contributed by atoms with van der Waals surface area (Å²) in [5.74, 6) is 0.951. The summed E-state index contributed by atoms with van der Waals surface area (Å²) in [5.41, 5.74) is 4.94. The number of pyridine rings is 1. The molecule has 0 N–H and O–H groups in total. The third-order valence-electron chi connectivity index (χ3n) is 4.53. The third kappa shape index (κ3) is 3.90. The van der Waals surface area contributed by atoms with E-state index in [1.807, 2.05) is 25.1 Å². The predicted octanol–water partition coefficient (Wildman–Crippen LogP) is 4.26. The van der Waals surface area contributed by atoms with Crippen LogP contribution in [-0.2, 0) is 22.5 Å². The van der Waals surface area contributed by atoms with Crippen molar-refractivity contribution in [2.24, 2.45) is 4.99 Å². The molecule has 1 atom stereocenters. The molecule has 1 aliphatic heterocycles. The van der Waals surface area contributed by atoms with Crippen LogP contribution in [0.25, 0.3) is 0 Å². The molecule has 0 spiro atoms. The van der Waals surface area contributed by atoms with E-state index < -0.39 is 0 Å². The summed E-state index contributed by atoms with van der Waals surface area (Å²) in [5, 5.41) is 0.752. The molecule has 0 unspecified atom stereocenters. The van der Waals surface area contributed by atoms with Crippen molar-refractivity contribution in [3.05, 3.63) is 63.4 Å². The fourth-order valence-electron chi connectivity index (χ4n) is 3.09. The number of methoxy groups -OCH3 is 1. The summed E-state index contributed by atoms with van der Waals surface area (Å²) >= 11 is 6.07. The van der Waals surface area contributed by atoms with Crippen LogP contribution in [0.5, 0.6) is 0 Å². The Morgan fingerprint density at radius 3 is 2.88 bits per heavy atom. The van der Waals surface area contributed by atoms with Gasteiger partial charge in [0, 0.05) is 29.8 Å². The first-order valence-electron chi connectivity index (χ1n) is 8.32. The van der Waals surface area contributed by atoms with Crippen molar-refractivity contribution in [1.82, 2.24) is 4.98 Å². The first-order chi connectivity index (χ1) is 12.0. The average molecular weight is 357 g/mol. The van der Waals surface area contributed by atoms with E-state index in [4.69, 9.17) is 16.3 Å². The monoisotopic (exact) mass is 356 g/mol. The van der Waals surface area contributed by atoms with E-state index >= 15 is 0 Å². The summed E-state index contributed by atoms with van der Waals surface area (Å²) < 4.78 is 5.21. The van der Waals surface area contributed by atoms with E-state index in [0.29, 0.717) is 25.3 Å². The SMILES string of the molecule is COC1=NCc2cc(CC(=O)C[C@H](C)c3ccc(Cl)c(C)c3)ncc21. The minimum absolute atomic E-state index is 0.154. The zero-order valence-corrected chi connectivity index (χ0v) is 15.4. The molecule has 0 saturated heterocycles. The van der Waals surface area contributed by atoms with E-state index in [0.717, 1.165) is 33.0 Å². The van der Waals surface area contributed by atoms with Crippen LogP contribution in [0.15, 0.2) is 35.5 Å². The Bertz CT molecular complexity index is 846. The molecule has 4 nitrogen and oxygen atoms in total. The number of halogens is 1. The number of Topliss-reactive ketones (excluding diaryl/α,β-unsaturated/α-hetero) is 1. The summed E-state index contributed by atoms with van der Waals surface area (Å²) in [6.45, 7) is 4.63. The molecular formula is C20H21ClN2O2. The molecule has 3 rings (SSSR count). The van der Waals surface area contributed by atoms with Crippen LogP contribution >= 0.6 is 11.6 Å². The van der Waals surface area contributed by atoms with Crippen LogP contribution in [0.4, 0.5) is 0 Å². The van der Waals surface area contributed by atoms with Gasteiger partial charge < -0.3 is 4.74 Å². The molecule has 1 aliphatic rings. The van der Waals surface area contributed by atoms with E-state index in [-0.39, 0.29) is 11.7 Å². The number of carbonyl (C=O) groups is 1. The van der Waals surface area contributed by atoms with Crippen molar-refractivity contribution in [3.63, 3.8) is 0 Å². The molecular weight excluding hydrogens is 336 g/mol. The Morgan fingerprint density at radius 1 is 1.36 bits per heavy atom. The van der Waals surface area contributed by atoms with Gasteiger partial charge in [-0.25, -0.2) is 4.99 Å². The topological polar surface area (TPSA) is 51.5 Å². The van der Waals surface area contributed by atoms with Gasteiger partial charge in [-0.3, -0.25) is 9.78 Å². The Hall–Kier alpha value is -2.20. The lowest BCUT2D eigenvalue weighted by Gasteiger charge is -2.12. The molecule has 2 aromatic rings. The van der Waals surface area contributed by atoms with Crippen LogP contribution in [-0.4, -0.2) is 23.8 Å². The van der Waals surface area contributed by atoms with Gasteiger partial charge in [-0.05, 0) is 41.7 Å². The second-order valence-corrected chi connectivity index (χ2v) is 6.89. The van der Waals surface area contributed by atoms with Gasteiger partial charge in [0.25, 0.3) is 0 Å². The first kappa shape index (κ1) is 17.6. The molecule has 25 heavy (non-hydrogen) atoms. The van der Waals surface area contributed by atoms with Gasteiger partial charge in [-0.15, -0.1) is 0 Å². The molecule has 2 heterocycles. The van der Waals surface area contributed by atoms with E-state index in [2.05, 4.69) is 23.0 Å². The molecule has 1 aromatic heterocycles. The molecule has 0 fully saturated rings. The van der Waals surface area contributed by atoms with Gasteiger partial charge in [-0.2, -0.15) is 0 Å². The van der Waals surface area contributed by atoms with E-state index in [1.54, 1.807) is 13.3 Å². The zero-order chi connectivity index (χ0) is 18.0. The predicted molar refractivity (Wildman–Crippen MR) is 99.4 cm³/mol. The van der Waals surface area contributed by atoms with E-state index in [9.17, 15) is 4.79 Å². The maximum Gasteiger partial charge on any atom is 0.218 e. The number of benzene rings is 1. The maximum absolute atomic E-state index is 12.4. The maximum atomic E-state index is 12.4. The van der Waals surface area contributed by atoms with Crippen molar-refractivity contribution in [3.8, 4) is 0 Å². The quantitative estimate of drug-likeness (QED) is 0.804. The molecule has 130 valence electrons. The van der Waals surface area contributed by atoms with Gasteiger partial charge in [0.15, 0.2) is 0 Å². The van der Waals surface area contributed by atoms with Crippen molar-refractivity contribution < 1.29 is 9.53 Å². The molecule has 0 amide bonds. The minimum atomic E-state index is 0.154. The van der Waals surface area contributed by atoms with Crippen LogP contribution in [0.2, 0.25) is 5.02 Å². The number of hydrogen-bond donors (Lipinski definition) is 0. The molecule has 0 bridgehead atoms. The lowest BCUT2D eigenvalue weighted by atomic mass is 9.93. The Morgan fingerprint density at radius 2 is 2.16 bits per heavy atom. The van der Waals surface area contributed by atoms with Gasteiger partial charge in [-0.1, -0.05) is 30.7 Å². The second kappa shape index (κ2) is 7.36. The number of carbonyl (C=O) groups excluding carboxylic acids is 1. The number of ketones is 1. The number of aromatic nitrogens is 1. The third-order valence-corrected chi connectivity index (χ3v) is 4.95. The highest BCUT2D eigenvalue weighted by atomic mass is 35.5. The largest absolute Gasteiger partial charge is 0.481 e. The van der Waals surface area contributed by atoms with Crippen LogP contribution < -0.4 is 0 Å². The summed E-state index contributed by atoms with van der Waals surface area (Å²) in [6, 6.07) is 7.89. The van der Waals surface area contributed by atoms with E-state index in [1.165, 1.54) is 0 Å². The van der Waals surface area contributed by atoms with Gasteiger partial charge >= 0.3 is 0 Å². The normalized spacial score (nSPS) is 14.0. The number of aryl methyl sites for hydroxylation is 1. The van der Waals surface area contributed by atoms with Gasteiger partial charge in [0.1, 0.15) is 5.78 Å². The summed E-state index contributed by atoms with van der Waals surface area (Å²) in [7, 11) is 1.60. The fourth-order valence-corrected chi connectivity index (χ4v) is 3.21. The highest BCUT2D eigenvalue weighted by molar-refractivity contribution is 6.31. The molecule has 5 heteroatoms. The smallest absolute Gasteiger partial charge is 0.218 e. The van der Waals surface area contributed by atoms with Crippen molar-refractivity contribution in [2.45, 2.75) is 39.2 Å². The molecule has 0 radical (unpaired) electrons. The number of fused-ring (bicyclic) bond motifs is 1. The number of nitrogens with zero attached hydrogens (tertiary/aromatic N) is 2. The van der Waals surface area contributed by atoms with Crippen LogP contribution in [0.3, 0.4) is 0 Å². The Balaban J connectivity index is 1.64. The molecule has 1 aromatic carbocycles. The van der Waals surface area contributed by atoms with Crippen LogP contribution in [0, 0.1) is 6.92 Å². The second-order valence-electron chi connectivity index (χ2n) is 6.49.